The van der Waals surface area contributed by atoms with Gasteiger partial charge in [-0.05, 0) is 53.1 Å². The summed E-state index contributed by atoms with van der Waals surface area (Å²) in [6.45, 7) is 10.2. The number of thioether (sulfide) groups is 2. The lowest BCUT2D eigenvalue weighted by molar-refractivity contribution is -0.139. The zero-order valence-electron chi connectivity index (χ0n) is 35.0. The monoisotopic (exact) mass is 988 g/mol. The fourth-order valence-electron chi connectivity index (χ4n) is 4.39. The molecule has 6 N–H and O–H groups in total. The number of aromatic nitrogens is 5. The number of carbonyl (C=O) groups excluding carboxylic acids is 2. The topological polar surface area (TPSA) is 312 Å². The number of ether oxygens (including phenoxy) is 2. The van der Waals surface area contributed by atoms with Crippen LogP contribution in [0.1, 0.15) is 47.1 Å². The minimum atomic E-state index is -1.17. The number of carbonyl (C=O) groups is 5. The number of aliphatic imine (C=N–C) groups is 1. The van der Waals surface area contributed by atoms with E-state index in [0.717, 1.165) is 11.8 Å². The number of carboxylic acids is 3. The van der Waals surface area contributed by atoms with Crippen LogP contribution in [-0.4, -0.2) is 122 Å². The molecule has 0 aliphatic carbocycles. The first kappa shape index (κ1) is 54.6. The number of hydrogen-bond acceptors (Lipinski definition) is 18. The molecule has 0 bridgehead atoms. The Labute approximate surface area is 390 Å². The van der Waals surface area contributed by atoms with Gasteiger partial charge in [0, 0.05) is 72.2 Å². The molecule has 5 aromatic heterocycles. The van der Waals surface area contributed by atoms with Crippen molar-refractivity contribution in [3.05, 3.63) is 76.5 Å². The molecule has 6 heterocycles. The Bertz CT molecular complexity index is 2370. The van der Waals surface area contributed by atoms with E-state index in [2.05, 4.69) is 53.2 Å². The molecule has 0 fully saturated rings. The average Bonchev–Trinajstić information content (AvgIpc) is 3.93. The lowest BCUT2D eigenvalue weighted by atomic mass is 10.2. The lowest BCUT2D eigenvalue weighted by Gasteiger charge is -2.21. The van der Waals surface area contributed by atoms with Crippen molar-refractivity contribution in [1.29, 1.82) is 0 Å². The number of amides is 2. The molecule has 5 aromatic rings. The standard InChI is InChI=1S/C14H17N3O5S.C10H10N2O3S.C8H15NO4S.C6H3ClN2O.ClH/c1-14(2,3)22-12(20)16-9(11(18)19)7-23-13-17-8-6-15-5-4-10(8)21-13;13-8-1-2-11-4-6(8)3-9-12-7(5-16-9)10(14)15;1-8(2,3)13-7(12)9-5(4-14)6(10)11;7-6-9-4-3-8-2-1-5(4)10-6;/h4-6,9H,7H2,1-3H3,(H,16,20)(H,18,19);1-2,4,7H,3,5H2,(H,11,13)(H,14,15);5,14H,4H2,1-3H3,(H,9,12)(H,10,11);1-3H;1H/t9-;7-;5-;;/m000../s1. The van der Waals surface area contributed by atoms with Gasteiger partial charge in [-0.15, -0.1) is 24.2 Å². The van der Waals surface area contributed by atoms with Gasteiger partial charge in [0.25, 0.3) is 10.6 Å². The van der Waals surface area contributed by atoms with Crippen LogP contribution in [0.4, 0.5) is 9.59 Å². The number of halogens is 2. The second kappa shape index (κ2) is 25.7. The number of oxazole rings is 2. The Balaban J connectivity index is 0.000000304. The number of thiol groups is 1. The van der Waals surface area contributed by atoms with Crippen LogP contribution in [0.3, 0.4) is 0 Å². The second-order valence-corrected chi connectivity index (χ2v) is 17.4. The van der Waals surface area contributed by atoms with Gasteiger partial charge in [0.2, 0.25) is 0 Å². The molecule has 1 aliphatic heterocycles. The average molecular weight is 990 g/mol. The fourth-order valence-corrected chi connectivity index (χ4v) is 6.68. The summed E-state index contributed by atoms with van der Waals surface area (Å²) in [5, 5.41) is 32.2. The number of fused-ring (bicyclic) bond motifs is 2. The highest BCUT2D eigenvalue weighted by Crippen LogP contribution is 2.24. The predicted octanol–water partition coefficient (Wildman–Crippen LogP) is 6.00. The number of rotatable bonds is 11. The molecule has 21 nitrogen and oxygen atoms in total. The molecule has 0 spiro atoms. The molecule has 6 rings (SSSR count). The van der Waals surface area contributed by atoms with Crippen molar-refractivity contribution in [2.24, 2.45) is 4.99 Å². The summed E-state index contributed by atoms with van der Waals surface area (Å²) in [7, 11) is 0. The van der Waals surface area contributed by atoms with Gasteiger partial charge in [0.05, 0.1) is 17.4 Å². The molecular formula is C38H46Cl2N8O13S3. The highest BCUT2D eigenvalue weighted by atomic mass is 35.5. The van der Waals surface area contributed by atoms with Crippen LogP contribution in [0.2, 0.25) is 5.35 Å². The summed E-state index contributed by atoms with van der Waals surface area (Å²) in [6.07, 6.45) is 8.42. The van der Waals surface area contributed by atoms with E-state index in [9.17, 15) is 33.9 Å². The summed E-state index contributed by atoms with van der Waals surface area (Å²) in [5.74, 6) is -2.69. The minimum absolute atomic E-state index is 0. The highest BCUT2D eigenvalue weighted by Gasteiger charge is 2.26. The van der Waals surface area contributed by atoms with Crippen LogP contribution in [0, 0.1) is 0 Å². The molecule has 348 valence electrons. The number of carboxylic acid groups (broad SMARTS) is 3. The van der Waals surface area contributed by atoms with E-state index in [1.165, 1.54) is 17.8 Å². The van der Waals surface area contributed by atoms with E-state index >= 15 is 0 Å². The second-order valence-electron chi connectivity index (χ2n) is 14.6. The first-order valence-corrected chi connectivity index (χ1v) is 21.3. The number of nitrogens with zero attached hydrogens (tertiary/aromatic N) is 5. The summed E-state index contributed by atoms with van der Waals surface area (Å²) in [6, 6.07) is 2.03. The zero-order valence-corrected chi connectivity index (χ0v) is 39.1. The van der Waals surface area contributed by atoms with E-state index < -0.39 is 59.4 Å². The number of nitrogens with one attached hydrogen (secondary N) is 3. The molecule has 3 atom stereocenters. The Hall–Kier alpha value is -5.56. The van der Waals surface area contributed by atoms with Gasteiger partial charge in [-0.1, -0.05) is 11.8 Å². The molecule has 2 amide bonds. The summed E-state index contributed by atoms with van der Waals surface area (Å²) >= 11 is 11.8. The maximum absolute atomic E-state index is 11.7. The van der Waals surface area contributed by atoms with Gasteiger partial charge in [-0.3, -0.25) is 19.8 Å². The maximum atomic E-state index is 11.7. The Kier molecular flexibility index (Phi) is 21.9. The van der Waals surface area contributed by atoms with Gasteiger partial charge in [0.1, 0.15) is 34.3 Å². The van der Waals surface area contributed by atoms with Crippen molar-refractivity contribution in [3.63, 3.8) is 0 Å². The number of alkyl carbamates (subject to hydrolysis) is 2. The van der Waals surface area contributed by atoms with Crippen molar-refractivity contribution >= 4 is 117 Å². The van der Waals surface area contributed by atoms with Crippen molar-refractivity contribution in [3.8, 4) is 0 Å². The summed E-state index contributed by atoms with van der Waals surface area (Å²) in [4.78, 5) is 89.3. The SMILES string of the molecule is CC(C)(C)OC(=O)N[C@@H](CS)C(=O)O.CC(C)(C)OC(=O)N[C@@H](CSc1nc2cnccc2o1)C(=O)O.Cl.Clc1nc2cnccc2o1.O=C(O)[C@@H]1CSC(Cc2c[nH]ccc2=O)=N1. The van der Waals surface area contributed by atoms with E-state index in [-0.39, 0.29) is 34.7 Å². The number of hydrogen-bond donors (Lipinski definition) is 7. The van der Waals surface area contributed by atoms with Gasteiger partial charge >= 0.3 is 30.1 Å². The molecule has 0 radical (unpaired) electrons. The number of pyridine rings is 3. The Morgan fingerprint density at radius 1 is 0.906 bits per heavy atom. The zero-order chi connectivity index (χ0) is 46.9. The van der Waals surface area contributed by atoms with Crippen LogP contribution in [-0.2, 0) is 30.3 Å². The van der Waals surface area contributed by atoms with Gasteiger partial charge < -0.3 is 49.2 Å². The summed E-state index contributed by atoms with van der Waals surface area (Å²) in [5.41, 5.74) is 1.72. The third-order valence-corrected chi connectivity index (χ3v) is 9.62. The molecule has 0 unspecified atom stereocenters. The third kappa shape index (κ3) is 19.9. The van der Waals surface area contributed by atoms with Crippen LogP contribution >= 0.6 is 60.2 Å². The summed E-state index contributed by atoms with van der Waals surface area (Å²) < 4.78 is 20.4. The molecular weight excluding hydrogens is 944 g/mol. The van der Waals surface area contributed by atoms with Crippen LogP contribution in [0.25, 0.3) is 22.2 Å². The number of aromatic amines is 1. The fraction of sp³-hybridized carbons (Fsp3) is 0.395. The van der Waals surface area contributed by atoms with E-state index in [1.807, 2.05) is 0 Å². The third-order valence-electron chi connectivity index (χ3n) is 7.11. The van der Waals surface area contributed by atoms with E-state index in [1.54, 1.807) is 90.9 Å². The normalized spacial score (nSPS) is 14.0. The van der Waals surface area contributed by atoms with Gasteiger partial charge in [-0.2, -0.15) is 17.6 Å². The van der Waals surface area contributed by atoms with Crippen LogP contribution in [0.15, 0.2) is 79.2 Å². The quantitative estimate of drug-likeness (QED) is 0.0589. The van der Waals surface area contributed by atoms with Crippen molar-refractivity contribution in [1.82, 2.24) is 35.6 Å². The number of H-pyrrole nitrogens is 1. The Morgan fingerprint density at radius 2 is 1.45 bits per heavy atom. The first-order chi connectivity index (χ1) is 29.5. The van der Waals surface area contributed by atoms with E-state index in [4.69, 9.17) is 40.1 Å². The highest BCUT2D eigenvalue weighted by molar-refractivity contribution is 8.14. The van der Waals surface area contributed by atoms with Gasteiger partial charge in [-0.25, -0.2) is 29.0 Å². The van der Waals surface area contributed by atoms with Crippen molar-refractivity contribution in [2.45, 2.75) is 82.5 Å². The molecule has 0 saturated heterocycles. The molecule has 0 saturated carbocycles. The first-order valence-electron chi connectivity index (χ1n) is 18.4. The molecule has 0 aromatic carbocycles. The van der Waals surface area contributed by atoms with Crippen LogP contribution < -0.4 is 16.1 Å². The minimum Gasteiger partial charge on any atom is -0.480 e. The van der Waals surface area contributed by atoms with Crippen molar-refractivity contribution < 1.29 is 57.6 Å². The number of aliphatic carboxylic acids is 3. The van der Waals surface area contributed by atoms with Crippen molar-refractivity contribution in [2.75, 3.05) is 17.3 Å². The predicted molar refractivity (Wildman–Crippen MR) is 244 cm³/mol. The van der Waals surface area contributed by atoms with Crippen LogP contribution in [0.5, 0.6) is 0 Å². The van der Waals surface area contributed by atoms with Gasteiger partial charge in [0.15, 0.2) is 22.6 Å². The Morgan fingerprint density at radius 3 is 1.92 bits per heavy atom. The smallest absolute Gasteiger partial charge is 0.408 e. The van der Waals surface area contributed by atoms with E-state index in [0.29, 0.717) is 50.2 Å². The largest absolute Gasteiger partial charge is 0.480 e. The molecule has 26 heteroatoms. The molecule has 1 aliphatic rings. The molecule has 64 heavy (non-hydrogen) atoms. The maximum Gasteiger partial charge on any atom is 0.408 e. The lowest BCUT2D eigenvalue weighted by Crippen LogP contribution is -2.44.